The number of nitrogens with one attached hydrogen (secondary N) is 2. The highest BCUT2D eigenvalue weighted by molar-refractivity contribution is 5.96. The topological polar surface area (TPSA) is 41.1 Å². The lowest BCUT2D eigenvalue weighted by molar-refractivity contribution is 0.0947. The van der Waals surface area contributed by atoms with Gasteiger partial charge in [-0.25, -0.2) is 0 Å². The molecule has 0 unspecified atom stereocenters. The minimum atomic E-state index is 0.0625. The zero-order valence-electron chi connectivity index (χ0n) is 12.0. The molecule has 3 nitrogen and oxygen atoms in total. The number of amides is 1. The van der Waals surface area contributed by atoms with Gasteiger partial charge in [0, 0.05) is 24.3 Å². The lowest BCUT2D eigenvalue weighted by Gasteiger charge is -2.13. The summed E-state index contributed by atoms with van der Waals surface area (Å²) in [6.45, 7) is 5.78. The monoisotopic (exact) mass is 260 g/mol. The van der Waals surface area contributed by atoms with E-state index in [-0.39, 0.29) is 5.91 Å². The molecule has 1 aliphatic rings. The summed E-state index contributed by atoms with van der Waals surface area (Å²) in [5.41, 5.74) is 2.90. The second-order valence-electron chi connectivity index (χ2n) is 5.42. The SMILES string of the molecule is CCNc1ccc(C(=O)NCC2CCCC2)c(C)c1. The standard InChI is InChI=1S/C16H24N2O/c1-3-17-14-8-9-15(12(2)10-14)16(19)18-11-13-6-4-5-7-13/h8-10,13,17H,3-7,11H2,1-2H3,(H,18,19). The molecular weight excluding hydrogens is 236 g/mol. The van der Waals surface area contributed by atoms with Crippen LogP contribution >= 0.6 is 0 Å². The lowest BCUT2D eigenvalue weighted by atomic mass is 10.1. The number of rotatable bonds is 5. The Kier molecular flexibility index (Phi) is 4.83. The van der Waals surface area contributed by atoms with Crippen LogP contribution in [0.4, 0.5) is 5.69 Å². The maximum absolute atomic E-state index is 12.2. The smallest absolute Gasteiger partial charge is 0.251 e. The van der Waals surface area contributed by atoms with Crippen LogP contribution in [0.25, 0.3) is 0 Å². The van der Waals surface area contributed by atoms with Gasteiger partial charge in [0.1, 0.15) is 0 Å². The zero-order valence-corrected chi connectivity index (χ0v) is 12.0. The van der Waals surface area contributed by atoms with Crippen molar-refractivity contribution < 1.29 is 4.79 Å². The number of hydrogen-bond donors (Lipinski definition) is 2. The van der Waals surface area contributed by atoms with Crippen LogP contribution < -0.4 is 10.6 Å². The molecule has 0 aromatic heterocycles. The number of anilines is 1. The molecule has 2 rings (SSSR count). The minimum absolute atomic E-state index is 0.0625. The van der Waals surface area contributed by atoms with Gasteiger partial charge in [0.2, 0.25) is 0 Å². The first kappa shape index (κ1) is 13.9. The highest BCUT2D eigenvalue weighted by Crippen LogP contribution is 2.24. The van der Waals surface area contributed by atoms with E-state index < -0.39 is 0 Å². The van der Waals surface area contributed by atoms with E-state index in [1.54, 1.807) is 0 Å². The van der Waals surface area contributed by atoms with Crippen molar-refractivity contribution in [2.75, 3.05) is 18.4 Å². The molecule has 0 radical (unpaired) electrons. The molecule has 0 bridgehead atoms. The van der Waals surface area contributed by atoms with Crippen LogP contribution in [0, 0.1) is 12.8 Å². The fourth-order valence-electron chi connectivity index (χ4n) is 2.78. The fourth-order valence-corrected chi connectivity index (χ4v) is 2.78. The van der Waals surface area contributed by atoms with Crippen molar-refractivity contribution in [1.82, 2.24) is 5.32 Å². The van der Waals surface area contributed by atoms with Crippen molar-refractivity contribution in [3.8, 4) is 0 Å². The molecule has 0 saturated heterocycles. The molecule has 1 aliphatic carbocycles. The van der Waals surface area contributed by atoms with Gasteiger partial charge in [0.15, 0.2) is 0 Å². The Hall–Kier alpha value is -1.51. The van der Waals surface area contributed by atoms with Crippen LogP contribution in [0.1, 0.15) is 48.5 Å². The molecule has 2 N–H and O–H groups in total. The summed E-state index contributed by atoms with van der Waals surface area (Å²) in [5.74, 6) is 0.748. The average Bonchev–Trinajstić information content (AvgIpc) is 2.89. The first-order chi connectivity index (χ1) is 9.20. The summed E-state index contributed by atoms with van der Waals surface area (Å²) in [7, 11) is 0. The summed E-state index contributed by atoms with van der Waals surface area (Å²) in [5, 5.41) is 6.33. The summed E-state index contributed by atoms with van der Waals surface area (Å²) >= 11 is 0. The molecule has 0 atom stereocenters. The van der Waals surface area contributed by atoms with Gasteiger partial charge >= 0.3 is 0 Å². The predicted molar refractivity (Wildman–Crippen MR) is 79.6 cm³/mol. The summed E-state index contributed by atoms with van der Waals surface area (Å²) in [4.78, 5) is 12.2. The van der Waals surface area contributed by atoms with Crippen molar-refractivity contribution in [3.05, 3.63) is 29.3 Å². The Bertz CT molecular complexity index is 436. The maximum Gasteiger partial charge on any atom is 0.251 e. The Labute approximate surface area is 115 Å². The van der Waals surface area contributed by atoms with Crippen molar-refractivity contribution in [2.24, 2.45) is 5.92 Å². The molecule has 3 heteroatoms. The number of benzene rings is 1. The van der Waals surface area contributed by atoms with E-state index in [0.29, 0.717) is 5.92 Å². The van der Waals surface area contributed by atoms with E-state index in [1.165, 1.54) is 25.7 Å². The molecule has 1 aromatic rings. The Balaban J connectivity index is 1.94. The van der Waals surface area contributed by atoms with E-state index in [1.807, 2.05) is 25.1 Å². The first-order valence-electron chi connectivity index (χ1n) is 7.33. The van der Waals surface area contributed by atoms with E-state index in [4.69, 9.17) is 0 Å². The van der Waals surface area contributed by atoms with Crippen LogP contribution in [0.5, 0.6) is 0 Å². The van der Waals surface area contributed by atoms with Crippen LogP contribution in [-0.4, -0.2) is 19.0 Å². The number of hydrogen-bond acceptors (Lipinski definition) is 2. The summed E-state index contributed by atoms with van der Waals surface area (Å²) < 4.78 is 0. The Morgan fingerprint density at radius 3 is 2.68 bits per heavy atom. The Morgan fingerprint density at radius 1 is 1.32 bits per heavy atom. The zero-order chi connectivity index (χ0) is 13.7. The average molecular weight is 260 g/mol. The van der Waals surface area contributed by atoms with Gasteiger partial charge in [-0.3, -0.25) is 4.79 Å². The van der Waals surface area contributed by atoms with Gasteiger partial charge < -0.3 is 10.6 Å². The molecule has 19 heavy (non-hydrogen) atoms. The van der Waals surface area contributed by atoms with Crippen LogP contribution in [0.15, 0.2) is 18.2 Å². The molecule has 0 spiro atoms. The molecule has 1 saturated carbocycles. The van der Waals surface area contributed by atoms with Gasteiger partial charge in [0.05, 0.1) is 0 Å². The molecule has 1 amide bonds. The molecule has 1 fully saturated rings. The molecule has 0 aliphatic heterocycles. The van der Waals surface area contributed by atoms with Gasteiger partial charge in [-0.2, -0.15) is 0 Å². The molecule has 1 aromatic carbocycles. The first-order valence-corrected chi connectivity index (χ1v) is 7.33. The third kappa shape index (κ3) is 3.72. The highest BCUT2D eigenvalue weighted by atomic mass is 16.1. The summed E-state index contributed by atoms with van der Waals surface area (Å²) in [6.07, 6.45) is 5.16. The van der Waals surface area contributed by atoms with E-state index in [0.717, 1.165) is 29.9 Å². The number of aryl methyl sites for hydroxylation is 1. The van der Waals surface area contributed by atoms with Crippen LogP contribution in [0.3, 0.4) is 0 Å². The third-order valence-electron chi connectivity index (χ3n) is 3.88. The highest BCUT2D eigenvalue weighted by Gasteiger charge is 2.16. The second kappa shape index (κ2) is 6.60. The quantitative estimate of drug-likeness (QED) is 0.852. The van der Waals surface area contributed by atoms with Crippen LogP contribution in [-0.2, 0) is 0 Å². The largest absolute Gasteiger partial charge is 0.385 e. The van der Waals surface area contributed by atoms with E-state index in [2.05, 4.69) is 17.6 Å². The van der Waals surface area contributed by atoms with Crippen molar-refractivity contribution in [3.63, 3.8) is 0 Å². The van der Waals surface area contributed by atoms with Gasteiger partial charge in [-0.15, -0.1) is 0 Å². The van der Waals surface area contributed by atoms with Gasteiger partial charge in [0.25, 0.3) is 5.91 Å². The fraction of sp³-hybridized carbons (Fsp3) is 0.562. The number of carbonyl (C=O) groups is 1. The lowest BCUT2D eigenvalue weighted by Crippen LogP contribution is -2.28. The van der Waals surface area contributed by atoms with Crippen molar-refractivity contribution in [1.29, 1.82) is 0 Å². The normalized spacial score (nSPS) is 15.5. The van der Waals surface area contributed by atoms with E-state index in [9.17, 15) is 4.79 Å². The van der Waals surface area contributed by atoms with Gasteiger partial charge in [-0.1, -0.05) is 12.8 Å². The van der Waals surface area contributed by atoms with Gasteiger partial charge in [-0.05, 0) is 56.4 Å². The second-order valence-corrected chi connectivity index (χ2v) is 5.42. The van der Waals surface area contributed by atoms with E-state index >= 15 is 0 Å². The maximum atomic E-state index is 12.2. The Morgan fingerprint density at radius 2 is 2.05 bits per heavy atom. The number of carbonyl (C=O) groups excluding carboxylic acids is 1. The molecular formula is C16H24N2O. The molecule has 104 valence electrons. The molecule has 0 heterocycles. The van der Waals surface area contributed by atoms with Crippen molar-refractivity contribution >= 4 is 11.6 Å². The van der Waals surface area contributed by atoms with Crippen LogP contribution in [0.2, 0.25) is 0 Å². The van der Waals surface area contributed by atoms with Crippen molar-refractivity contribution in [2.45, 2.75) is 39.5 Å². The predicted octanol–water partition coefficient (Wildman–Crippen LogP) is 3.35. The third-order valence-corrected chi connectivity index (χ3v) is 3.88. The summed E-state index contributed by atoms with van der Waals surface area (Å²) in [6, 6.07) is 5.92. The minimum Gasteiger partial charge on any atom is -0.385 e.